The third kappa shape index (κ3) is 3.69. The van der Waals surface area contributed by atoms with E-state index in [0.717, 1.165) is 12.1 Å². The zero-order valence-corrected chi connectivity index (χ0v) is 8.38. The van der Waals surface area contributed by atoms with Crippen LogP contribution in [0.4, 0.5) is 17.6 Å². The Labute approximate surface area is 89.5 Å². The first-order chi connectivity index (χ1) is 7.29. The van der Waals surface area contributed by atoms with Crippen LogP contribution in [0, 0.1) is 5.82 Å². The molecule has 0 bridgehead atoms. The van der Waals surface area contributed by atoms with Gasteiger partial charge in [0.1, 0.15) is 11.6 Å². The highest BCUT2D eigenvalue weighted by molar-refractivity contribution is 5.35. The van der Waals surface area contributed by atoms with E-state index < -0.39 is 24.7 Å². The zero-order valence-electron chi connectivity index (χ0n) is 8.38. The average molecular weight is 238 g/mol. The number of alkyl halides is 3. The van der Waals surface area contributed by atoms with E-state index in [-0.39, 0.29) is 11.3 Å². The van der Waals surface area contributed by atoms with Gasteiger partial charge in [-0.05, 0) is 19.1 Å². The maximum absolute atomic E-state index is 12.8. The third-order valence-electron chi connectivity index (χ3n) is 1.82. The van der Waals surface area contributed by atoms with Crippen LogP contribution in [0.1, 0.15) is 18.6 Å². The lowest BCUT2D eigenvalue weighted by Crippen LogP contribution is -2.20. The van der Waals surface area contributed by atoms with E-state index in [1.54, 1.807) is 0 Å². The van der Waals surface area contributed by atoms with Crippen LogP contribution >= 0.6 is 0 Å². The first kappa shape index (κ1) is 12.8. The molecular weight excluding hydrogens is 228 g/mol. The fourth-order valence-electron chi connectivity index (χ4n) is 1.14. The molecule has 1 rings (SSSR count). The van der Waals surface area contributed by atoms with Gasteiger partial charge in [-0.3, -0.25) is 0 Å². The zero-order chi connectivity index (χ0) is 12.3. The topological polar surface area (TPSA) is 29.5 Å². The monoisotopic (exact) mass is 238 g/mol. The number of aliphatic hydroxyl groups excluding tert-OH is 1. The Morgan fingerprint density at radius 2 is 2.00 bits per heavy atom. The van der Waals surface area contributed by atoms with Crippen molar-refractivity contribution in [3.8, 4) is 5.75 Å². The second-order valence-corrected chi connectivity index (χ2v) is 3.26. The molecule has 0 aliphatic carbocycles. The van der Waals surface area contributed by atoms with Gasteiger partial charge in [-0.25, -0.2) is 4.39 Å². The van der Waals surface area contributed by atoms with Gasteiger partial charge >= 0.3 is 6.18 Å². The van der Waals surface area contributed by atoms with Crippen LogP contribution in [-0.4, -0.2) is 17.9 Å². The Morgan fingerprint density at radius 3 is 2.50 bits per heavy atom. The van der Waals surface area contributed by atoms with Crippen molar-refractivity contribution in [3.05, 3.63) is 29.6 Å². The van der Waals surface area contributed by atoms with Crippen molar-refractivity contribution in [1.82, 2.24) is 0 Å². The number of halogens is 4. The predicted molar refractivity (Wildman–Crippen MR) is 48.6 cm³/mol. The predicted octanol–water partition coefficient (Wildman–Crippen LogP) is 2.82. The number of hydrogen-bond donors (Lipinski definition) is 1. The fourth-order valence-corrected chi connectivity index (χ4v) is 1.14. The molecular formula is C10H10F4O2. The number of ether oxygens (including phenoxy) is 1. The fraction of sp³-hybridized carbons (Fsp3) is 0.400. The summed E-state index contributed by atoms with van der Waals surface area (Å²) in [7, 11) is 0. The summed E-state index contributed by atoms with van der Waals surface area (Å²) in [5, 5.41) is 9.24. The molecule has 6 heteroatoms. The Kier molecular flexibility index (Phi) is 3.74. The highest BCUT2D eigenvalue weighted by Gasteiger charge is 2.29. The summed E-state index contributed by atoms with van der Waals surface area (Å²) < 4.78 is 52.9. The first-order valence-electron chi connectivity index (χ1n) is 4.46. The van der Waals surface area contributed by atoms with E-state index in [1.165, 1.54) is 13.0 Å². The van der Waals surface area contributed by atoms with Gasteiger partial charge in [0.25, 0.3) is 0 Å². The van der Waals surface area contributed by atoms with Crippen LogP contribution < -0.4 is 4.74 Å². The second kappa shape index (κ2) is 4.69. The standard InChI is InChI=1S/C10H10F4O2/c1-6(15)8-3-2-7(11)4-9(8)16-5-10(12,13)14/h2-4,6,15H,5H2,1H3. The summed E-state index contributed by atoms with van der Waals surface area (Å²) >= 11 is 0. The van der Waals surface area contributed by atoms with Crippen LogP contribution in [0.15, 0.2) is 18.2 Å². The third-order valence-corrected chi connectivity index (χ3v) is 1.82. The molecule has 90 valence electrons. The van der Waals surface area contributed by atoms with Crippen molar-refractivity contribution >= 4 is 0 Å². The normalized spacial score (nSPS) is 13.6. The van der Waals surface area contributed by atoms with Gasteiger partial charge < -0.3 is 9.84 Å². The van der Waals surface area contributed by atoms with Gasteiger partial charge in [0.2, 0.25) is 0 Å². The van der Waals surface area contributed by atoms with Crippen LogP contribution in [0.2, 0.25) is 0 Å². The maximum Gasteiger partial charge on any atom is 0.422 e. The van der Waals surface area contributed by atoms with E-state index in [4.69, 9.17) is 0 Å². The van der Waals surface area contributed by atoms with Gasteiger partial charge in [0.05, 0.1) is 6.10 Å². The molecule has 1 unspecified atom stereocenters. The Hall–Kier alpha value is -1.30. The number of benzene rings is 1. The van der Waals surface area contributed by atoms with Gasteiger partial charge in [-0.2, -0.15) is 13.2 Å². The molecule has 0 spiro atoms. The average Bonchev–Trinajstić information content (AvgIpc) is 2.13. The first-order valence-corrected chi connectivity index (χ1v) is 4.46. The Balaban J connectivity index is 2.88. The molecule has 1 aromatic carbocycles. The molecule has 0 aliphatic heterocycles. The molecule has 1 aromatic rings. The quantitative estimate of drug-likeness (QED) is 0.820. The molecule has 1 atom stereocenters. The van der Waals surface area contributed by atoms with Crippen LogP contribution in [0.5, 0.6) is 5.75 Å². The van der Waals surface area contributed by atoms with Crippen molar-refractivity contribution < 1.29 is 27.4 Å². The molecule has 16 heavy (non-hydrogen) atoms. The smallest absolute Gasteiger partial charge is 0.422 e. The largest absolute Gasteiger partial charge is 0.484 e. The van der Waals surface area contributed by atoms with Crippen molar-refractivity contribution in [3.63, 3.8) is 0 Å². The Morgan fingerprint density at radius 1 is 1.38 bits per heavy atom. The van der Waals surface area contributed by atoms with E-state index in [2.05, 4.69) is 4.74 Å². The molecule has 0 saturated carbocycles. The number of rotatable bonds is 3. The van der Waals surface area contributed by atoms with Crippen LogP contribution in [0.25, 0.3) is 0 Å². The van der Waals surface area contributed by atoms with Gasteiger partial charge in [0.15, 0.2) is 6.61 Å². The summed E-state index contributed by atoms with van der Waals surface area (Å²) in [5.41, 5.74) is 0.116. The number of aliphatic hydroxyl groups is 1. The highest BCUT2D eigenvalue weighted by Crippen LogP contribution is 2.27. The SMILES string of the molecule is CC(O)c1ccc(F)cc1OCC(F)(F)F. The Bertz CT molecular complexity index is 360. The summed E-state index contributed by atoms with van der Waals surface area (Å²) in [4.78, 5) is 0. The lowest BCUT2D eigenvalue weighted by Gasteiger charge is -2.14. The minimum absolute atomic E-state index is 0.116. The summed E-state index contributed by atoms with van der Waals surface area (Å²) in [6.45, 7) is -0.163. The van der Waals surface area contributed by atoms with Crippen molar-refractivity contribution in [2.75, 3.05) is 6.61 Å². The highest BCUT2D eigenvalue weighted by atomic mass is 19.4. The minimum Gasteiger partial charge on any atom is -0.484 e. The van der Waals surface area contributed by atoms with E-state index in [0.29, 0.717) is 0 Å². The lowest BCUT2D eigenvalue weighted by molar-refractivity contribution is -0.153. The molecule has 0 amide bonds. The summed E-state index contributed by atoms with van der Waals surface area (Å²) in [6.07, 6.45) is -5.52. The van der Waals surface area contributed by atoms with E-state index in [9.17, 15) is 22.7 Å². The lowest BCUT2D eigenvalue weighted by atomic mass is 10.1. The summed E-state index contributed by atoms with van der Waals surface area (Å²) in [6, 6.07) is 3.04. The van der Waals surface area contributed by atoms with Gasteiger partial charge in [0, 0.05) is 11.6 Å². The maximum atomic E-state index is 12.8. The molecule has 0 radical (unpaired) electrons. The van der Waals surface area contributed by atoms with Crippen LogP contribution in [-0.2, 0) is 0 Å². The molecule has 2 nitrogen and oxygen atoms in total. The molecule has 0 heterocycles. The summed E-state index contributed by atoms with van der Waals surface area (Å²) in [5.74, 6) is -1.02. The molecule has 1 N–H and O–H groups in total. The molecule has 0 fully saturated rings. The minimum atomic E-state index is -4.50. The van der Waals surface area contributed by atoms with E-state index in [1.807, 2.05) is 0 Å². The van der Waals surface area contributed by atoms with Crippen molar-refractivity contribution in [1.29, 1.82) is 0 Å². The van der Waals surface area contributed by atoms with Gasteiger partial charge in [-0.15, -0.1) is 0 Å². The molecule has 0 aliphatic rings. The second-order valence-electron chi connectivity index (χ2n) is 3.26. The molecule has 0 saturated heterocycles. The van der Waals surface area contributed by atoms with E-state index >= 15 is 0 Å². The van der Waals surface area contributed by atoms with Crippen molar-refractivity contribution in [2.24, 2.45) is 0 Å². The van der Waals surface area contributed by atoms with Gasteiger partial charge in [-0.1, -0.05) is 0 Å². The van der Waals surface area contributed by atoms with Crippen LogP contribution in [0.3, 0.4) is 0 Å². The molecule has 0 aromatic heterocycles. The number of hydrogen-bond acceptors (Lipinski definition) is 2. The van der Waals surface area contributed by atoms with Crippen molar-refractivity contribution in [2.45, 2.75) is 19.2 Å².